The van der Waals surface area contributed by atoms with Gasteiger partial charge in [-0.15, -0.1) is 0 Å². The van der Waals surface area contributed by atoms with Crippen molar-refractivity contribution in [3.63, 3.8) is 0 Å². The van der Waals surface area contributed by atoms with Crippen LogP contribution in [0.5, 0.6) is 11.5 Å². The second-order valence-electron chi connectivity index (χ2n) is 22.8. The van der Waals surface area contributed by atoms with Crippen molar-refractivity contribution in [2.45, 2.75) is 102 Å². The van der Waals surface area contributed by atoms with Gasteiger partial charge in [-0.3, -0.25) is 47.9 Å². The molecule has 4 aromatic rings. The van der Waals surface area contributed by atoms with Crippen LogP contribution in [0, 0.1) is 11.8 Å². The van der Waals surface area contributed by atoms with Gasteiger partial charge in [0.05, 0.1) is 37.2 Å². The zero-order valence-electron chi connectivity index (χ0n) is 50.5. The largest absolute Gasteiger partial charge is 0.505 e. The summed E-state index contributed by atoms with van der Waals surface area (Å²) in [6.07, 6.45) is 1.92. The molecular formula is C60H76N12O16. The molecule has 472 valence electrons. The van der Waals surface area contributed by atoms with Gasteiger partial charge in [-0.25, -0.2) is 19.6 Å². The second kappa shape index (κ2) is 29.3. The summed E-state index contributed by atoms with van der Waals surface area (Å²) in [4.78, 5) is 184. The normalized spacial score (nSPS) is 23.0. The molecule has 0 spiro atoms. The number of hydrogen-bond donors (Lipinski definition) is 6. The molecule has 0 bridgehead atoms. The highest BCUT2D eigenvalue weighted by atomic mass is 16.5. The summed E-state index contributed by atoms with van der Waals surface area (Å²) in [5.41, 5.74) is -0.282. The van der Waals surface area contributed by atoms with Crippen molar-refractivity contribution in [2.75, 3.05) is 80.7 Å². The quantitative estimate of drug-likeness (QED) is 0.139. The Hall–Kier alpha value is -9.50. The van der Waals surface area contributed by atoms with Crippen LogP contribution in [0.3, 0.4) is 0 Å². The Morgan fingerprint density at radius 1 is 0.545 bits per heavy atom. The summed E-state index contributed by atoms with van der Waals surface area (Å²) in [7, 11) is 5.16. The Morgan fingerprint density at radius 3 is 1.27 bits per heavy atom. The molecular weight excluding hydrogens is 1140 g/mol. The number of carbonyl (C=O) groups excluding carboxylic acids is 12. The number of nitrogens with zero attached hydrogens (tertiary/aromatic N) is 8. The number of piperidine rings is 2. The van der Waals surface area contributed by atoms with E-state index >= 15 is 0 Å². The summed E-state index contributed by atoms with van der Waals surface area (Å²) in [5, 5.41) is 33.0. The fourth-order valence-electron chi connectivity index (χ4n) is 10.9. The highest BCUT2D eigenvalue weighted by Gasteiger charge is 2.42. The van der Waals surface area contributed by atoms with Gasteiger partial charge in [-0.2, -0.15) is 0 Å². The summed E-state index contributed by atoms with van der Waals surface area (Å²) < 4.78 is 11.5. The van der Waals surface area contributed by atoms with Gasteiger partial charge in [-0.1, -0.05) is 64.1 Å². The molecule has 2 aromatic carbocycles. The molecule has 6 atom stereocenters. The van der Waals surface area contributed by atoms with Gasteiger partial charge in [0.2, 0.25) is 47.3 Å². The number of carbonyl (C=O) groups is 12. The molecule has 28 nitrogen and oxygen atoms in total. The van der Waals surface area contributed by atoms with Crippen LogP contribution in [0.25, 0.3) is 21.8 Å². The highest BCUT2D eigenvalue weighted by Crippen LogP contribution is 2.26. The van der Waals surface area contributed by atoms with Gasteiger partial charge in [0.1, 0.15) is 61.0 Å². The fraction of sp³-hybridized carbons (Fsp3) is 0.500. The van der Waals surface area contributed by atoms with Crippen LogP contribution < -0.4 is 21.3 Å². The Bertz CT molecular complexity index is 3140. The molecule has 6 N–H and O–H groups in total. The van der Waals surface area contributed by atoms with E-state index in [1.54, 1.807) is 76.2 Å². The second-order valence-corrected chi connectivity index (χ2v) is 22.8. The van der Waals surface area contributed by atoms with Crippen LogP contribution in [0.15, 0.2) is 60.7 Å². The number of fused-ring (bicyclic) bond motifs is 4. The Kier molecular flexibility index (Phi) is 22.0. The van der Waals surface area contributed by atoms with Gasteiger partial charge in [0.25, 0.3) is 11.8 Å². The zero-order valence-corrected chi connectivity index (χ0v) is 50.5. The van der Waals surface area contributed by atoms with Gasteiger partial charge >= 0.3 is 11.9 Å². The lowest BCUT2D eigenvalue weighted by atomic mass is 10.00. The molecule has 3 fully saturated rings. The standard InChI is InChI=1S/C60H76N12O16/c1-33(2)51-59(85)87-31-39(65-55(81)49-43(73)25-35-17-9-11-19-37(35)63-49)57(83)71-23-15-13-21-41(71)53(79)62-28-46(76)68(6)30-48(78)70(8)52(34(3)4)60(86)88-32-40(66-56(82)50-44(74)26-36-18-10-12-20-38(36)64-50)58(84)72-24-16-14-22-42(72)54(80)61-27-45(75)67(5)29-47(77)69(51)7/h9-12,17-20,25-26,33-34,39-42,51-52,73-74H,13-16,21-24,27-32H2,1-8H3,(H,61,80)(H,62,79)(H,65,81)(H,66,82). The third-order valence-electron chi connectivity index (χ3n) is 15.8. The molecule has 28 heteroatoms. The van der Waals surface area contributed by atoms with E-state index in [-0.39, 0.29) is 25.9 Å². The average molecular weight is 1220 g/mol. The number of likely N-dealkylation sites (N-methyl/N-ethyl adjacent to an activating group) is 4. The van der Waals surface area contributed by atoms with Crippen molar-refractivity contribution < 1.29 is 77.2 Å². The van der Waals surface area contributed by atoms with Crippen molar-refractivity contribution >= 4 is 92.8 Å². The maximum Gasteiger partial charge on any atom is 0.329 e. The minimum absolute atomic E-state index is 0.0232. The average Bonchev–Trinajstić information content (AvgIpc) is 2.06. The number of pyridine rings is 2. The Morgan fingerprint density at radius 2 is 0.909 bits per heavy atom. The summed E-state index contributed by atoms with van der Waals surface area (Å²) in [6.45, 7) is 2.16. The topological polar surface area (TPSA) is 357 Å². The van der Waals surface area contributed by atoms with Crippen LogP contribution in [0.2, 0.25) is 0 Å². The van der Waals surface area contributed by atoms with E-state index in [0.29, 0.717) is 47.5 Å². The number of ether oxygens (including phenoxy) is 2. The van der Waals surface area contributed by atoms with Gasteiger partial charge in [0.15, 0.2) is 11.4 Å². The van der Waals surface area contributed by atoms with Crippen LogP contribution in [-0.4, -0.2) is 238 Å². The van der Waals surface area contributed by atoms with Crippen molar-refractivity contribution in [3.05, 3.63) is 72.1 Å². The predicted octanol–water partition coefficient (Wildman–Crippen LogP) is 0.0686. The molecule has 3 aliphatic heterocycles. The number of aromatic hydroxyl groups is 2. The number of cyclic esters (lactones) is 2. The molecule has 3 aliphatic rings. The minimum atomic E-state index is -1.72. The maximum atomic E-state index is 14.8. The third kappa shape index (κ3) is 15.7. The summed E-state index contributed by atoms with van der Waals surface area (Å²) >= 11 is 0. The first-order valence-electron chi connectivity index (χ1n) is 29.1. The molecule has 2 aromatic heterocycles. The number of benzene rings is 2. The highest BCUT2D eigenvalue weighted by molar-refractivity contribution is 6.03. The smallest absolute Gasteiger partial charge is 0.329 e. The van der Waals surface area contributed by atoms with Gasteiger partial charge in [-0.05, 0) is 74.6 Å². The van der Waals surface area contributed by atoms with Crippen molar-refractivity contribution in [1.82, 2.24) is 60.6 Å². The molecule has 88 heavy (non-hydrogen) atoms. The molecule has 5 heterocycles. The van der Waals surface area contributed by atoms with E-state index in [0.717, 1.165) is 19.6 Å². The first-order valence-corrected chi connectivity index (χ1v) is 29.1. The predicted molar refractivity (Wildman–Crippen MR) is 314 cm³/mol. The van der Waals surface area contributed by atoms with E-state index in [1.807, 2.05) is 0 Å². The number of rotatable bonds is 6. The van der Waals surface area contributed by atoms with Crippen molar-refractivity contribution in [1.29, 1.82) is 0 Å². The summed E-state index contributed by atoms with van der Waals surface area (Å²) in [5.74, 6) is -12.8. The molecule has 0 aliphatic carbocycles. The lowest BCUT2D eigenvalue weighted by Crippen LogP contribution is -2.59. The molecule has 0 saturated carbocycles. The molecule has 3 saturated heterocycles. The van der Waals surface area contributed by atoms with Gasteiger partial charge < -0.3 is 70.4 Å². The SMILES string of the molecule is CC(C)C1C(=O)OCC(NC(=O)c2nc3ccccc3cc2O)C(=O)N2CCCCC2C(=O)NCC(=O)N(C)CC(=O)N(C)C(C(C)C)C(=O)OCC(NC(=O)c2nc3ccccc3cc2O)C(=O)N2CCCCC2C(=O)NCC(=O)N(C)CC(=O)N1C. The van der Waals surface area contributed by atoms with Crippen molar-refractivity contribution in [2.24, 2.45) is 11.8 Å². The first kappa shape index (κ1) is 66.0. The van der Waals surface area contributed by atoms with Crippen LogP contribution >= 0.6 is 0 Å². The summed E-state index contributed by atoms with van der Waals surface area (Å²) in [6, 6.07) is 7.26. The van der Waals surface area contributed by atoms with E-state index in [2.05, 4.69) is 31.2 Å². The Balaban J connectivity index is 1.17. The molecule has 0 radical (unpaired) electrons. The van der Waals surface area contributed by atoms with Crippen molar-refractivity contribution in [3.8, 4) is 11.5 Å². The van der Waals surface area contributed by atoms with E-state index in [4.69, 9.17) is 9.47 Å². The number of amides is 10. The monoisotopic (exact) mass is 1220 g/mol. The maximum absolute atomic E-state index is 14.8. The lowest BCUT2D eigenvalue weighted by Gasteiger charge is -2.37. The van der Waals surface area contributed by atoms with E-state index < -0.39 is 181 Å². The lowest BCUT2D eigenvalue weighted by molar-refractivity contribution is -0.159. The number of para-hydroxylation sites is 2. The van der Waals surface area contributed by atoms with Gasteiger partial charge in [0, 0.05) is 52.1 Å². The minimum Gasteiger partial charge on any atom is -0.505 e. The zero-order chi connectivity index (χ0) is 64.3. The number of esters is 2. The van der Waals surface area contributed by atoms with Crippen LogP contribution in [0.4, 0.5) is 0 Å². The fourth-order valence-corrected chi connectivity index (χ4v) is 10.9. The molecule has 7 rings (SSSR count). The number of hydrogen-bond acceptors (Lipinski definition) is 18. The molecule has 10 amide bonds. The van der Waals surface area contributed by atoms with E-state index in [9.17, 15) is 67.7 Å². The molecule has 6 unspecified atom stereocenters. The number of aromatic nitrogens is 2. The van der Waals surface area contributed by atoms with Crippen LogP contribution in [0.1, 0.15) is 87.2 Å². The van der Waals surface area contributed by atoms with Crippen LogP contribution in [-0.2, 0) is 57.4 Å². The van der Waals surface area contributed by atoms with E-state index in [1.165, 1.54) is 50.1 Å². The Labute approximate surface area is 507 Å². The number of nitrogens with one attached hydrogen (secondary N) is 4. The first-order chi connectivity index (χ1) is 41.8. The third-order valence-corrected chi connectivity index (χ3v) is 15.8.